The van der Waals surface area contributed by atoms with Gasteiger partial charge in [-0.2, -0.15) is 0 Å². The average Bonchev–Trinajstić information content (AvgIpc) is 2.82. The van der Waals surface area contributed by atoms with E-state index in [4.69, 9.17) is 0 Å². The number of carboxylic acids is 1. The van der Waals surface area contributed by atoms with Gasteiger partial charge in [-0.25, -0.2) is 9.78 Å². The quantitative estimate of drug-likeness (QED) is 0.636. The predicted molar refractivity (Wildman–Crippen MR) is 130 cm³/mol. The summed E-state index contributed by atoms with van der Waals surface area (Å²) in [5.74, 6) is -0.373. The van der Waals surface area contributed by atoms with Crippen LogP contribution in [0.25, 0.3) is 11.0 Å². The normalized spacial score (nSPS) is 27.5. The maximum atomic E-state index is 13.3. The molecule has 2 bridgehead atoms. The van der Waals surface area contributed by atoms with Crippen molar-refractivity contribution in [1.82, 2.24) is 14.5 Å². The van der Waals surface area contributed by atoms with Crippen LogP contribution in [0.15, 0.2) is 29.1 Å². The first-order valence-corrected chi connectivity index (χ1v) is 13.1. The van der Waals surface area contributed by atoms with Crippen LogP contribution in [0, 0.1) is 5.92 Å². The second-order valence-corrected chi connectivity index (χ2v) is 10.5. The molecule has 178 valence electrons. The Morgan fingerprint density at radius 3 is 2.39 bits per heavy atom. The van der Waals surface area contributed by atoms with Crippen molar-refractivity contribution in [2.45, 2.75) is 108 Å². The Balaban J connectivity index is 1.46. The molecule has 2 aliphatic heterocycles. The van der Waals surface area contributed by atoms with Crippen LogP contribution in [0.5, 0.6) is 0 Å². The van der Waals surface area contributed by atoms with E-state index in [1.807, 2.05) is 24.3 Å². The van der Waals surface area contributed by atoms with Crippen molar-refractivity contribution in [2.24, 2.45) is 5.92 Å². The molecule has 1 unspecified atom stereocenters. The van der Waals surface area contributed by atoms with Crippen LogP contribution >= 0.6 is 0 Å². The van der Waals surface area contributed by atoms with Crippen LogP contribution in [0.4, 0.5) is 0 Å². The van der Waals surface area contributed by atoms with Gasteiger partial charge in [-0.3, -0.25) is 9.69 Å². The lowest BCUT2D eigenvalue weighted by atomic mass is 9.77. The summed E-state index contributed by atoms with van der Waals surface area (Å²) < 4.78 is 1.77. The number of fused-ring (bicyclic) bond motifs is 3. The molecule has 1 aliphatic carbocycles. The summed E-state index contributed by atoms with van der Waals surface area (Å²) in [5.41, 5.74) is 0.543. The number of hydrogen-bond acceptors (Lipinski definition) is 4. The van der Waals surface area contributed by atoms with Gasteiger partial charge >= 0.3 is 5.97 Å². The first kappa shape index (κ1) is 22.6. The number of benzene rings is 1. The van der Waals surface area contributed by atoms with E-state index >= 15 is 0 Å². The Kier molecular flexibility index (Phi) is 6.55. The van der Waals surface area contributed by atoms with Crippen LogP contribution in [0.1, 0.15) is 101 Å². The van der Waals surface area contributed by atoms with E-state index in [-0.39, 0.29) is 11.7 Å². The molecule has 3 fully saturated rings. The number of aromatic nitrogens is 2. The van der Waals surface area contributed by atoms with Crippen molar-refractivity contribution in [3.8, 4) is 0 Å². The Labute approximate surface area is 196 Å². The molecule has 2 saturated heterocycles. The number of aromatic carboxylic acids is 1. The van der Waals surface area contributed by atoms with E-state index in [1.54, 1.807) is 4.57 Å². The minimum Gasteiger partial charge on any atom is -0.476 e. The summed E-state index contributed by atoms with van der Waals surface area (Å²) in [7, 11) is 0. The van der Waals surface area contributed by atoms with Crippen LogP contribution < -0.4 is 5.56 Å². The molecular weight excluding hydrogens is 414 g/mol. The zero-order valence-electron chi connectivity index (χ0n) is 19.8. The molecule has 33 heavy (non-hydrogen) atoms. The van der Waals surface area contributed by atoms with Gasteiger partial charge in [0.15, 0.2) is 0 Å². The molecule has 6 nitrogen and oxygen atoms in total. The fourth-order valence-corrected chi connectivity index (χ4v) is 7.16. The monoisotopic (exact) mass is 451 g/mol. The number of para-hydroxylation sites is 2. The highest BCUT2D eigenvalue weighted by Crippen LogP contribution is 2.43. The van der Waals surface area contributed by atoms with E-state index in [1.165, 1.54) is 64.2 Å². The number of hydrogen-bond donors (Lipinski definition) is 1. The molecule has 1 N–H and O–H groups in total. The summed E-state index contributed by atoms with van der Waals surface area (Å²) in [4.78, 5) is 32.1. The van der Waals surface area contributed by atoms with Gasteiger partial charge in [-0.05, 0) is 56.6 Å². The molecular formula is C27H37N3O3. The lowest BCUT2D eigenvalue weighted by molar-refractivity contribution is -0.0269. The number of nitrogens with zero attached hydrogens (tertiary/aromatic N) is 3. The minimum absolute atomic E-state index is 0.0298. The summed E-state index contributed by atoms with van der Waals surface area (Å²) in [6.45, 7) is 2.34. The van der Waals surface area contributed by atoms with E-state index in [0.29, 0.717) is 23.6 Å². The maximum absolute atomic E-state index is 13.3. The molecule has 6 heteroatoms. The van der Waals surface area contributed by atoms with Crippen LogP contribution in [-0.2, 0) is 0 Å². The van der Waals surface area contributed by atoms with Gasteiger partial charge in [0, 0.05) is 24.2 Å². The molecule has 2 aromatic rings. The Bertz CT molecular complexity index is 1040. The van der Waals surface area contributed by atoms with Crippen molar-refractivity contribution in [3.05, 3.63) is 40.3 Å². The average molecular weight is 452 g/mol. The fourth-order valence-electron chi connectivity index (χ4n) is 7.16. The third-order valence-electron chi connectivity index (χ3n) is 8.59. The van der Waals surface area contributed by atoms with Gasteiger partial charge in [-0.15, -0.1) is 0 Å². The molecule has 1 saturated carbocycles. The Morgan fingerprint density at radius 1 is 1.03 bits per heavy atom. The molecule has 3 aliphatic rings. The largest absolute Gasteiger partial charge is 0.476 e. The summed E-state index contributed by atoms with van der Waals surface area (Å²) >= 11 is 0. The van der Waals surface area contributed by atoms with Crippen LogP contribution in [0.3, 0.4) is 0 Å². The van der Waals surface area contributed by atoms with Crippen molar-refractivity contribution in [2.75, 3.05) is 0 Å². The third-order valence-corrected chi connectivity index (χ3v) is 8.59. The highest BCUT2D eigenvalue weighted by atomic mass is 16.4. The van der Waals surface area contributed by atoms with E-state index < -0.39 is 11.5 Å². The smallest absolute Gasteiger partial charge is 0.360 e. The van der Waals surface area contributed by atoms with Gasteiger partial charge in [0.2, 0.25) is 5.69 Å². The van der Waals surface area contributed by atoms with Crippen molar-refractivity contribution >= 4 is 17.0 Å². The number of carboxylic acid groups (broad SMARTS) is 1. The summed E-state index contributed by atoms with van der Waals surface area (Å²) in [5, 5.41) is 9.63. The second-order valence-electron chi connectivity index (χ2n) is 10.5. The number of piperidine rings is 2. The number of carbonyl (C=O) groups is 1. The zero-order chi connectivity index (χ0) is 22.9. The summed E-state index contributed by atoms with van der Waals surface area (Å²) in [6, 6.07) is 9.09. The minimum atomic E-state index is -1.24. The second kappa shape index (κ2) is 9.57. The van der Waals surface area contributed by atoms with Gasteiger partial charge in [0.25, 0.3) is 5.56 Å². The van der Waals surface area contributed by atoms with E-state index in [9.17, 15) is 14.7 Å². The Morgan fingerprint density at radius 2 is 1.73 bits per heavy atom. The number of rotatable bonds is 6. The maximum Gasteiger partial charge on any atom is 0.360 e. The van der Waals surface area contributed by atoms with Crippen molar-refractivity contribution in [1.29, 1.82) is 0 Å². The molecule has 0 radical (unpaired) electrons. The van der Waals surface area contributed by atoms with Crippen molar-refractivity contribution < 1.29 is 9.90 Å². The van der Waals surface area contributed by atoms with Crippen LogP contribution in [0.2, 0.25) is 0 Å². The molecule has 0 amide bonds. The Hall–Kier alpha value is -2.21. The van der Waals surface area contributed by atoms with Crippen LogP contribution in [-0.4, -0.2) is 43.7 Å². The highest BCUT2D eigenvalue weighted by Gasteiger charge is 2.42. The molecule has 4 atom stereocenters. The first-order chi connectivity index (χ1) is 16.1. The van der Waals surface area contributed by atoms with E-state index in [0.717, 1.165) is 24.3 Å². The fraction of sp³-hybridized carbons (Fsp3) is 0.667. The molecule has 0 spiro atoms. The first-order valence-electron chi connectivity index (χ1n) is 13.1. The van der Waals surface area contributed by atoms with Crippen molar-refractivity contribution in [3.63, 3.8) is 0 Å². The van der Waals surface area contributed by atoms with Gasteiger partial charge in [-0.1, -0.05) is 57.6 Å². The lowest BCUT2D eigenvalue weighted by Gasteiger charge is -2.53. The molecule has 1 aromatic carbocycles. The lowest BCUT2D eigenvalue weighted by Crippen LogP contribution is -2.57. The molecule has 3 heterocycles. The van der Waals surface area contributed by atoms with Gasteiger partial charge in [0.05, 0.1) is 11.0 Å². The topological polar surface area (TPSA) is 75.4 Å². The van der Waals surface area contributed by atoms with E-state index in [2.05, 4.69) is 16.8 Å². The van der Waals surface area contributed by atoms with Gasteiger partial charge < -0.3 is 9.67 Å². The SMILES string of the molecule is CC[C@@H](CC1CCCCC1)N1[C@@H]2CCC[C@H]1CC(n1c(=O)c(C(=O)O)nc3ccccc31)C2. The van der Waals surface area contributed by atoms with Gasteiger partial charge in [0.1, 0.15) is 0 Å². The predicted octanol–water partition coefficient (Wildman–Crippen LogP) is 5.40. The zero-order valence-corrected chi connectivity index (χ0v) is 19.8. The molecule has 5 rings (SSSR count). The third kappa shape index (κ3) is 4.34. The summed E-state index contributed by atoms with van der Waals surface area (Å²) in [6.07, 6.45) is 14.9. The standard InChI is InChI=1S/C27H37N3O3/c1-2-19(15-18-9-4-3-5-10-18)29-20-11-8-12-21(29)17-22(16-20)30-24-14-7-6-13-23(24)28-25(26(30)31)27(32)33/h6-7,13-14,18-22H,2-5,8-12,15-17H2,1H3,(H,32,33)/t19-,20-,21+,22?/m0/s1. The molecule has 1 aromatic heterocycles. The highest BCUT2D eigenvalue weighted by molar-refractivity contribution is 5.88.